The van der Waals surface area contributed by atoms with Gasteiger partial charge in [0.25, 0.3) is 0 Å². The summed E-state index contributed by atoms with van der Waals surface area (Å²) in [5.41, 5.74) is 2.56. The van der Waals surface area contributed by atoms with Crippen molar-refractivity contribution in [2.24, 2.45) is 0 Å². The molecule has 1 N–H and O–H groups in total. The molecule has 0 aliphatic carbocycles. The first-order valence-electron chi connectivity index (χ1n) is 12.7. The van der Waals surface area contributed by atoms with E-state index in [0.29, 0.717) is 0 Å². The Morgan fingerprint density at radius 1 is 0.949 bits per heavy atom. The molecule has 0 spiro atoms. The lowest BCUT2D eigenvalue weighted by Gasteiger charge is -2.48. The maximum Gasteiger partial charge on any atom is 0.303 e. The Kier molecular flexibility index (Phi) is 8.41. The molecule has 3 aromatic rings. The van der Waals surface area contributed by atoms with Gasteiger partial charge < -0.3 is 23.7 Å². The fourth-order valence-electron chi connectivity index (χ4n) is 4.67. The molecule has 0 saturated carbocycles. The summed E-state index contributed by atoms with van der Waals surface area (Å²) in [6.45, 7) is 3.41. The number of nitrogens with one attached hydrogen (secondary N) is 1. The lowest BCUT2D eigenvalue weighted by molar-refractivity contribution is -0.345. The van der Waals surface area contributed by atoms with Gasteiger partial charge in [-0.05, 0) is 24.6 Å². The number of esters is 1. The number of benzene rings is 3. The van der Waals surface area contributed by atoms with E-state index in [4.69, 9.17) is 23.7 Å². The number of carbonyl (C=O) groups is 1. The third-order valence-corrected chi connectivity index (χ3v) is 8.07. The van der Waals surface area contributed by atoms with Crippen molar-refractivity contribution in [3.05, 3.63) is 102 Å². The second-order valence-electron chi connectivity index (χ2n) is 9.55. The summed E-state index contributed by atoms with van der Waals surface area (Å²) in [6, 6.07) is 24.1. The van der Waals surface area contributed by atoms with Crippen molar-refractivity contribution in [3.63, 3.8) is 0 Å². The van der Waals surface area contributed by atoms with E-state index in [1.54, 1.807) is 12.1 Å². The zero-order valence-electron chi connectivity index (χ0n) is 21.6. The fraction of sp³-hybridized carbons (Fsp3) is 0.345. The normalized spacial score (nSPS) is 26.9. The Bertz CT molecular complexity index is 1350. The Morgan fingerprint density at radius 3 is 2.28 bits per heavy atom. The van der Waals surface area contributed by atoms with Crippen LogP contribution in [-0.2, 0) is 45.1 Å². The number of rotatable bonds is 8. The van der Waals surface area contributed by atoms with Crippen molar-refractivity contribution in [2.75, 3.05) is 6.61 Å². The summed E-state index contributed by atoms with van der Waals surface area (Å²) < 4.78 is 59.9. The zero-order chi connectivity index (χ0) is 27.4. The molecule has 0 aromatic heterocycles. The maximum atomic E-state index is 13.5. The summed E-state index contributed by atoms with van der Waals surface area (Å²) in [4.78, 5) is 12.3. The first kappa shape index (κ1) is 27.4. The molecule has 39 heavy (non-hydrogen) atoms. The van der Waals surface area contributed by atoms with E-state index in [1.165, 1.54) is 19.1 Å². The van der Waals surface area contributed by atoms with Gasteiger partial charge in [0.2, 0.25) is 10.0 Å². The summed E-state index contributed by atoms with van der Waals surface area (Å²) >= 11 is 0. The van der Waals surface area contributed by atoms with Crippen LogP contribution in [0.2, 0.25) is 0 Å². The van der Waals surface area contributed by atoms with E-state index in [0.717, 1.165) is 16.7 Å². The molecule has 2 aliphatic rings. The number of hydrogen-bond acceptors (Lipinski definition) is 8. The largest absolute Gasteiger partial charge is 0.458 e. The van der Waals surface area contributed by atoms with Gasteiger partial charge in [0.1, 0.15) is 18.2 Å². The number of carbonyl (C=O) groups excluding carboxylic acids is 1. The highest BCUT2D eigenvalue weighted by molar-refractivity contribution is 7.89. The number of sulfonamides is 1. The highest BCUT2D eigenvalue weighted by Gasteiger charge is 2.53. The lowest BCUT2D eigenvalue weighted by atomic mass is 9.96. The van der Waals surface area contributed by atoms with Gasteiger partial charge in [0.05, 0.1) is 18.1 Å². The van der Waals surface area contributed by atoms with E-state index in [2.05, 4.69) is 4.72 Å². The zero-order valence-corrected chi connectivity index (χ0v) is 22.5. The van der Waals surface area contributed by atoms with Crippen LogP contribution in [0, 0.1) is 6.92 Å². The van der Waals surface area contributed by atoms with Crippen molar-refractivity contribution in [2.45, 2.75) is 62.3 Å². The first-order valence-corrected chi connectivity index (χ1v) is 14.2. The number of fused-ring (bicyclic) bond motifs is 1. The van der Waals surface area contributed by atoms with E-state index >= 15 is 0 Å². The number of aryl methyl sites for hydroxylation is 1. The van der Waals surface area contributed by atoms with E-state index in [-0.39, 0.29) is 18.1 Å². The number of hydrogen-bond donors (Lipinski definition) is 1. The lowest BCUT2D eigenvalue weighted by Crippen LogP contribution is -2.67. The van der Waals surface area contributed by atoms with Crippen molar-refractivity contribution >= 4 is 16.0 Å². The number of ether oxygens (including phenoxy) is 5. The van der Waals surface area contributed by atoms with Crippen molar-refractivity contribution in [3.8, 4) is 0 Å². The van der Waals surface area contributed by atoms with Crippen molar-refractivity contribution < 1.29 is 36.9 Å². The van der Waals surface area contributed by atoms with E-state index < -0.39 is 52.9 Å². The fourth-order valence-corrected chi connectivity index (χ4v) is 5.90. The van der Waals surface area contributed by atoms with Crippen LogP contribution in [0.5, 0.6) is 0 Å². The van der Waals surface area contributed by atoms with Crippen molar-refractivity contribution in [1.29, 1.82) is 0 Å². The van der Waals surface area contributed by atoms with Gasteiger partial charge in [-0.25, -0.2) is 8.42 Å². The molecule has 6 atom stereocenters. The minimum atomic E-state index is -4.05. The Hall–Kier alpha value is -3.12. The molecule has 2 heterocycles. The van der Waals surface area contributed by atoms with Crippen LogP contribution in [0.4, 0.5) is 0 Å². The van der Waals surface area contributed by atoms with Gasteiger partial charge in [0.15, 0.2) is 18.7 Å². The monoisotopic (exact) mass is 553 g/mol. The van der Waals surface area contributed by atoms with Crippen LogP contribution in [-0.4, -0.2) is 51.6 Å². The second kappa shape index (κ2) is 12.0. The molecule has 10 heteroatoms. The van der Waals surface area contributed by atoms with Gasteiger partial charge >= 0.3 is 5.97 Å². The molecule has 0 radical (unpaired) electrons. The van der Waals surface area contributed by atoms with Crippen LogP contribution in [0.15, 0.2) is 89.8 Å². The first-order chi connectivity index (χ1) is 18.8. The third-order valence-electron chi connectivity index (χ3n) is 6.59. The average Bonchev–Trinajstić information content (AvgIpc) is 2.94. The summed E-state index contributed by atoms with van der Waals surface area (Å²) in [5.74, 6) is -0.589. The third kappa shape index (κ3) is 6.55. The molecule has 0 bridgehead atoms. The minimum absolute atomic E-state index is 0.0636. The molecule has 2 fully saturated rings. The highest BCUT2D eigenvalue weighted by Crippen LogP contribution is 2.36. The smallest absolute Gasteiger partial charge is 0.303 e. The van der Waals surface area contributed by atoms with Crippen LogP contribution < -0.4 is 4.72 Å². The maximum absolute atomic E-state index is 13.5. The molecule has 9 nitrogen and oxygen atoms in total. The predicted molar refractivity (Wildman–Crippen MR) is 141 cm³/mol. The Labute approximate surface area is 228 Å². The van der Waals surface area contributed by atoms with Gasteiger partial charge in [-0.3, -0.25) is 4.79 Å². The van der Waals surface area contributed by atoms with Gasteiger partial charge in [-0.15, -0.1) is 0 Å². The summed E-state index contributed by atoms with van der Waals surface area (Å²) in [7, 11) is -4.05. The molecule has 2 aliphatic heterocycles. The molecule has 0 unspecified atom stereocenters. The molecule has 5 rings (SSSR count). The molecule has 3 aromatic carbocycles. The second-order valence-corrected chi connectivity index (χ2v) is 11.3. The molecular formula is C29H31NO8S. The van der Waals surface area contributed by atoms with E-state index in [1.807, 2.05) is 67.6 Å². The van der Waals surface area contributed by atoms with Crippen LogP contribution in [0.3, 0.4) is 0 Å². The highest BCUT2D eigenvalue weighted by atomic mass is 32.2. The standard InChI is InChI=1S/C29H31NO8S/c1-19-13-15-23(16-14-19)39(32,33)30-25-27(36-20(2)31)26-24(18-35-28(38-26)22-11-7-4-8-12-22)37-29(25)34-17-21-9-5-3-6-10-21/h3-16,24-30H,17-18H2,1-2H3/t24-,25-,26-,27-,28-,29+/m1/s1. The SMILES string of the molecule is CC(=O)O[C@@H]1[C@@H](NS(=O)(=O)c2ccc(C)cc2)[C@@H](OCc2ccccc2)O[C@@H]2CO[C@@H](c3ccccc3)O[C@@H]12. The van der Waals surface area contributed by atoms with Gasteiger partial charge in [-0.1, -0.05) is 78.4 Å². The van der Waals surface area contributed by atoms with Crippen LogP contribution >= 0.6 is 0 Å². The van der Waals surface area contributed by atoms with Crippen LogP contribution in [0.1, 0.15) is 29.9 Å². The molecule has 2 saturated heterocycles. The van der Waals surface area contributed by atoms with Crippen LogP contribution in [0.25, 0.3) is 0 Å². The quantitative estimate of drug-likeness (QED) is 0.422. The minimum Gasteiger partial charge on any atom is -0.458 e. The molecule has 206 valence electrons. The molecule has 0 amide bonds. The average molecular weight is 554 g/mol. The van der Waals surface area contributed by atoms with E-state index in [9.17, 15) is 13.2 Å². The van der Waals surface area contributed by atoms with Crippen molar-refractivity contribution in [1.82, 2.24) is 4.72 Å². The topological polar surface area (TPSA) is 109 Å². The summed E-state index contributed by atoms with van der Waals surface area (Å²) in [5, 5.41) is 0. The summed E-state index contributed by atoms with van der Waals surface area (Å²) in [6.07, 6.45) is -4.40. The predicted octanol–water partition coefficient (Wildman–Crippen LogP) is 3.63. The Balaban J connectivity index is 1.47. The molecular weight excluding hydrogens is 522 g/mol. The van der Waals surface area contributed by atoms with Gasteiger partial charge in [0, 0.05) is 12.5 Å². The Morgan fingerprint density at radius 2 is 1.62 bits per heavy atom. The van der Waals surface area contributed by atoms with Gasteiger partial charge in [-0.2, -0.15) is 4.72 Å².